The Morgan fingerprint density at radius 2 is 2.00 bits per heavy atom. The molecule has 0 aromatic heterocycles. The maximum absolute atomic E-state index is 12.4. The van der Waals surface area contributed by atoms with Crippen LogP contribution in [0.3, 0.4) is 0 Å². The number of methoxy groups -OCH3 is 1. The summed E-state index contributed by atoms with van der Waals surface area (Å²) >= 11 is 0. The average Bonchev–Trinajstić information content (AvgIpc) is 3.01. The number of amides is 1. The Morgan fingerprint density at radius 1 is 1.35 bits per heavy atom. The Hall–Kier alpha value is -1.55. The van der Waals surface area contributed by atoms with Crippen LogP contribution in [0.25, 0.3) is 0 Å². The van der Waals surface area contributed by atoms with E-state index in [0.29, 0.717) is 6.54 Å². The van der Waals surface area contributed by atoms with Crippen LogP contribution in [0.2, 0.25) is 0 Å². The number of carbonyl (C=O) groups is 1. The number of carbonyl (C=O) groups excluding carboxylic acids is 1. The third-order valence-electron chi connectivity index (χ3n) is 5.06. The summed E-state index contributed by atoms with van der Waals surface area (Å²) in [5.41, 5.74) is 7.09. The Labute approximate surface area is 139 Å². The van der Waals surface area contributed by atoms with Crippen molar-refractivity contribution in [3.8, 4) is 5.75 Å². The fraction of sp³-hybridized carbons (Fsp3) is 0.632. The molecule has 1 fully saturated rings. The second-order valence-electron chi connectivity index (χ2n) is 7.78. The molecule has 0 aliphatic heterocycles. The Bertz CT molecular complexity index is 543. The SMILES string of the molecule is COc1cccc(C2(CNC(=O)[C@@H](N)C(C)(C)C)CCCC2)c1. The summed E-state index contributed by atoms with van der Waals surface area (Å²) in [5, 5.41) is 3.10. The average molecular weight is 318 g/mol. The van der Waals surface area contributed by atoms with Gasteiger partial charge in [-0.2, -0.15) is 0 Å². The van der Waals surface area contributed by atoms with Crippen LogP contribution in [0.4, 0.5) is 0 Å². The number of hydrogen-bond donors (Lipinski definition) is 2. The number of nitrogens with two attached hydrogens (primary N) is 1. The highest BCUT2D eigenvalue weighted by molar-refractivity contribution is 5.82. The highest BCUT2D eigenvalue weighted by Crippen LogP contribution is 2.41. The summed E-state index contributed by atoms with van der Waals surface area (Å²) in [6.07, 6.45) is 4.56. The van der Waals surface area contributed by atoms with Gasteiger partial charge in [0.25, 0.3) is 0 Å². The number of hydrogen-bond acceptors (Lipinski definition) is 3. The van der Waals surface area contributed by atoms with Gasteiger partial charge >= 0.3 is 0 Å². The minimum absolute atomic E-state index is 0.00179. The van der Waals surface area contributed by atoms with E-state index in [4.69, 9.17) is 10.5 Å². The number of nitrogens with one attached hydrogen (secondary N) is 1. The van der Waals surface area contributed by atoms with E-state index < -0.39 is 6.04 Å². The Kier molecular flexibility index (Phi) is 5.35. The summed E-state index contributed by atoms with van der Waals surface area (Å²) in [7, 11) is 1.69. The van der Waals surface area contributed by atoms with Gasteiger partial charge in [0.2, 0.25) is 5.91 Å². The zero-order chi connectivity index (χ0) is 17.1. The van der Waals surface area contributed by atoms with Crippen LogP contribution < -0.4 is 15.8 Å². The first kappa shape index (κ1) is 17.8. The molecule has 0 bridgehead atoms. The number of rotatable bonds is 5. The molecule has 1 aromatic rings. The van der Waals surface area contributed by atoms with Crippen LogP contribution in [-0.4, -0.2) is 25.6 Å². The predicted octanol–water partition coefficient (Wildman–Crippen LogP) is 3.00. The van der Waals surface area contributed by atoms with Gasteiger partial charge in [-0.1, -0.05) is 45.7 Å². The first-order valence-electron chi connectivity index (χ1n) is 8.46. The van der Waals surface area contributed by atoms with Gasteiger partial charge < -0.3 is 15.8 Å². The quantitative estimate of drug-likeness (QED) is 0.877. The van der Waals surface area contributed by atoms with Gasteiger partial charge in [0, 0.05) is 12.0 Å². The van der Waals surface area contributed by atoms with Crippen molar-refractivity contribution in [3.63, 3.8) is 0 Å². The molecule has 2 rings (SSSR count). The molecule has 1 aliphatic rings. The molecule has 128 valence electrons. The molecule has 0 saturated heterocycles. The summed E-state index contributed by atoms with van der Waals surface area (Å²) in [6, 6.07) is 7.73. The van der Waals surface area contributed by atoms with E-state index in [2.05, 4.69) is 17.4 Å². The van der Waals surface area contributed by atoms with Crippen LogP contribution in [0, 0.1) is 5.41 Å². The van der Waals surface area contributed by atoms with E-state index in [1.54, 1.807) is 7.11 Å². The van der Waals surface area contributed by atoms with Crippen LogP contribution >= 0.6 is 0 Å². The molecule has 1 atom stereocenters. The Morgan fingerprint density at radius 3 is 2.57 bits per heavy atom. The summed E-state index contributed by atoms with van der Waals surface area (Å²) in [5.74, 6) is 0.804. The molecule has 0 spiro atoms. The standard InChI is InChI=1S/C19H30N2O2/c1-18(2,3)16(20)17(22)21-13-19(10-5-6-11-19)14-8-7-9-15(12-14)23-4/h7-9,12,16H,5-6,10-11,13,20H2,1-4H3,(H,21,22)/t16-/m1/s1. The monoisotopic (exact) mass is 318 g/mol. The lowest BCUT2D eigenvalue weighted by Crippen LogP contribution is -2.51. The lowest BCUT2D eigenvalue weighted by Gasteiger charge is -2.32. The van der Waals surface area contributed by atoms with Gasteiger partial charge in [0.15, 0.2) is 0 Å². The lowest BCUT2D eigenvalue weighted by atomic mass is 9.78. The second-order valence-corrected chi connectivity index (χ2v) is 7.78. The molecule has 1 aromatic carbocycles. The minimum Gasteiger partial charge on any atom is -0.497 e. The van der Waals surface area contributed by atoms with Crippen LogP contribution in [-0.2, 0) is 10.2 Å². The van der Waals surface area contributed by atoms with Crippen molar-refractivity contribution in [3.05, 3.63) is 29.8 Å². The molecule has 1 aliphatic carbocycles. The van der Waals surface area contributed by atoms with E-state index in [0.717, 1.165) is 18.6 Å². The molecule has 23 heavy (non-hydrogen) atoms. The molecule has 1 amide bonds. The van der Waals surface area contributed by atoms with Gasteiger partial charge in [-0.05, 0) is 36.0 Å². The van der Waals surface area contributed by atoms with E-state index in [1.165, 1.54) is 18.4 Å². The van der Waals surface area contributed by atoms with Gasteiger partial charge in [-0.3, -0.25) is 4.79 Å². The van der Waals surface area contributed by atoms with Crippen molar-refractivity contribution in [1.82, 2.24) is 5.32 Å². The van der Waals surface area contributed by atoms with Gasteiger partial charge in [0.05, 0.1) is 13.2 Å². The maximum atomic E-state index is 12.4. The Balaban J connectivity index is 2.14. The second kappa shape index (κ2) is 6.91. The smallest absolute Gasteiger partial charge is 0.237 e. The van der Waals surface area contributed by atoms with Crippen molar-refractivity contribution < 1.29 is 9.53 Å². The molecule has 3 N–H and O–H groups in total. The topological polar surface area (TPSA) is 64.3 Å². The van der Waals surface area contributed by atoms with Crippen LogP contribution in [0.1, 0.15) is 52.0 Å². The predicted molar refractivity (Wildman–Crippen MR) is 93.6 cm³/mol. The highest BCUT2D eigenvalue weighted by atomic mass is 16.5. The number of benzene rings is 1. The lowest BCUT2D eigenvalue weighted by molar-refractivity contribution is -0.124. The summed E-state index contributed by atoms with van der Waals surface area (Å²) in [6.45, 7) is 6.61. The minimum atomic E-state index is -0.494. The van der Waals surface area contributed by atoms with Crippen molar-refractivity contribution in [2.75, 3.05) is 13.7 Å². The van der Waals surface area contributed by atoms with E-state index >= 15 is 0 Å². The van der Waals surface area contributed by atoms with Crippen LogP contribution in [0.15, 0.2) is 24.3 Å². The van der Waals surface area contributed by atoms with E-state index in [-0.39, 0.29) is 16.7 Å². The normalized spacial score (nSPS) is 18.5. The van der Waals surface area contributed by atoms with E-state index in [9.17, 15) is 4.79 Å². The fourth-order valence-corrected chi connectivity index (χ4v) is 3.33. The highest BCUT2D eigenvalue weighted by Gasteiger charge is 2.37. The van der Waals surface area contributed by atoms with Crippen molar-refractivity contribution in [2.45, 2.75) is 57.9 Å². The van der Waals surface area contributed by atoms with Gasteiger partial charge in [-0.25, -0.2) is 0 Å². The molecular formula is C19H30N2O2. The molecular weight excluding hydrogens is 288 g/mol. The zero-order valence-electron chi connectivity index (χ0n) is 14.8. The summed E-state index contributed by atoms with van der Waals surface area (Å²) < 4.78 is 5.36. The molecule has 0 unspecified atom stereocenters. The third kappa shape index (κ3) is 4.05. The number of ether oxygens (including phenoxy) is 1. The molecule has 1 saturated carbocycles. The van der Waals surface area contributed by atoms with Crippen molar-refractivity contribution >= 4 is 5.91 Å². The molecule has 0 heterocycles. The fourth-order valence-electron chi connectivity index (χ4n) is 3.33. The first-order chi connectivity index (χ1) is 10.8. The largest absolute Gasteiger partial charge is 0.497 e. The van der Waals surface area contributed by atoms with Crippen molar-refractivity contribution in [1.29, 1.82) is 0 Å². The zero-order valence-corrected chi connectivity index (χ0v) is 14.8. The summed E-state index contributed by atoms with van der Waals surface area (Å²) in [4.78, 5) is 12.4. The van der Waals surface area contributed by atoms with E-state index in [1.807, 2.05) is 32.9 Å². The van der Waals surface area contributed by atoms with Crippen LogP contribution in [0.5, 0.6) is 5.75 Å². The van der Waals surface area contributed by atoms with Gasteiger partial charge in [0.1, 0.15) is 5.75 Å². The molecule has 4 heteroatoms. The third-order valence-corrected chi connectivity index (χ3v) is 5.06. The van der Waals surface area contributed by atoms with Gasteiger partial charge in [-0.15, -0.1) is 0 Å². The van der Waals surface area contributed by atoms with Crippen molar-refractivity contribution in [2.24, 2.45) is 11.1 Å². The maximum Gasteiger partial charge on any atom is 0.237 e. The molecule has 0 radical (unpaired) electrons. The molecule has 4 nitrogen and oxygen atoms in total. The first-order valence-corrected chi connectivity index (χ1v) is 8.46.